The van der Waals surface area contributed by atoms with Crippen LogP contribution in [0.1, 0.15) is 12.5 Å². The lowest BCUT2D eigenvalue weighted by Gasteiger charge is -2.15. The molecule has 0 radical (unpaired) electrons. The Morgan fingerprint density at radius 3 is 2.50 bits per heavy atom. The second kappa shape index (κ2) is 9.20. The lowest BCUT2D eigenvalue weighted by molar-refractivity contribution is -0.125. The van der Waals surface area contributed by atoms with Gasteiger partial charge < -0.3 is 4.90 Å². The zero-order chi connectivity index (χ0) is 19.9. The van der Waals surface area contributed by atoms with Crippen LogP contribution in [0.5, 0.6) is 0 Å². The smallest absolute Gasteiger partial charge is 0.246 e. The molecule has 0 fully saturated rings. The van der Waals surface area contributed by atoms with Gasteiger partial charge in [-0.2, -0.15) is 5.10 Å². The molecule has 1 aromatic heterocycles. The van der Waals surface area contributed by atoms with Crippen molar-refractivity contribution in [1.29, 1.82) is 0 Å². The van der Waals surface area contributed by atoms with E-state index >= 15 is 0 Å². The second-order valence-electron chi connectivity index (χ2n) is 6.37. The quantitative estimate of drug-likeness (QED) is 0.423. The molecule has 0 aliphatic rings. The molecule has 0 spiro atoms. The molecule has 3 aromatic rings. The first kappa shape index (κ1) is 19.6. The standard InChI is InChI=1S/C23H22ClN3O/c1-3-4-6-11-22(28)26(2)16-19-17-27(21-9-7-5-8-10-21)25-23(19)18-12-14-20(24)15-13-18/h3-15,17H,16H2,1-2H3/b4-3+,11-6+. The lowest BCUT2D eigenvalue weighted by atomic mass is 10.1. The molecule has 0 saturated heterocycles. The van der Waals surface area contributed by atoms with Gasteiger partial charge in [-0.1, -0.05) is 60.2 Å². The Morgan fingerprint density at radius 1 is 1.11 bits per heavy atom. The minimum Gasteiger partial charge on any atom is -0.338 e. The normalized spacial score (nSPS) is 11.4. The summed E-state index contributed by atoms with van der Waals surface area (Å²) in [4.78, 5) is 14.0. The van der Waals surface area contributed by atoms with Gasteiger partial charge in [0.15, 0.2) is 0 Å². The number of halogens is 1. The Labute approximate surface area is 170 Å². The van der Waals surface area contributed by atoms with E-state index in [0.29, 0.717) is 11.6 Å². The van der Waals surface area contributed by atoms with Gasteiger partial charge in [0, 0.05) is 42.0 Å². The van der Waals surface area contributed by atoms with Crippen LogP contribution in [0, 0.1) is 0 Å². The maximum absolute atomic E-state index is 12.4. The predicted molar refractivity (Wildman–Crippen MR) is 114 cm³/mol. The van der Waals surface area contributed by atoms with E-state index in [-0.39, 0.29) is 5.91 Å². The number of likely N-dealkylation sites (N-methyl/N-ethyl adjacent to an activating group) is 1. The van der Waals surface area contributed by atoms with Gasteiger partial charge in [0.05, 0.1) is 11.4 Å². The van der Waals surface area contributed by atoms with Crippen molar-refractivity contribution < 1.29 is 4.79 Å². The van der Waals surface area contributed by atoms with E-state index in [9.17, 15) is 4.79 Å². The van der Waals surface area contributed by atoms with E-state index in [4.69, 9.17) is 16.7 Å². The molecule has 0 unspecified atom stereocenters. The summed E-state index contributed by atoms with van der Waals surface area (Å²) in [6.45, 7) is 2.36. The number of aromatic nitrogens is 2. The maximum Gasteiger partial charge on any atom is 0.246 e. The highest BCUT2D eigenvalue weighted by Gasteiger charge is 2.15. The fourth-order valence-electron chi connectivity index (χ4n) is 2.80. The third kappa shape index (κ3) is 4.78. The number of rotatable bonds is 6. The zero-order valence-electron chi connectivity index (χ0n) is 15.9. The zero-order valence-corrected chi connectivity index (χ0v) is 16.7. The number of amides is 1. The van der Waals surface area contributed by atoms with Crippen LogP contribution in [0.4, 0.5) is 0 Å². The Morgan fingerprint density at radius 2 is 1.82 bits per heavy atom. The molecule has 142 valence electrons. The molecule has 0 aliphatic carbocycles. The summed E-state index contributed by atoms with van der Waals surface area (Å²) in [5.41, 5.74) is 3.71. The van der Waals surface area contributed by atoms with Crippen molar-refractivity contribution in [3.63, 3.8) is 0 Å². The van der Waals surface area contributed by atoms with Crippen LogP contribution < -0.4 is 0 Å². The number of carbonyl (C=O) groups excluding carboxylic acids is 1. The molecule has 28 heavy (non-hydrogen) atoms. The molecular weight excluding hydrogens is 370 g/mol. The maximum atomic E-state index is 12.4. The molecule has 2 aromatic carbocycles. The fourth-order valence-corrected chi connectivity index (χ4v) is 2.92. The van der Waals surface area contributed by atoms with Crippen molar-refractivity contribution in [3.05, 3.63) is 95.7 Å². The van der Waals surface area contributed by atoms with Gasteiger partial charge in [0.1, 0.15) is 0 Å². The third-order valence-corrected chi connectivity index (χ3v) is 4.51. The van der Waals surface area contributed by atoms with E-state index in [0.717, 1.165) is 22.5 Å². The van der Waals surface area contributed by atoms with Gasteiger partial charge in [-0.05, 0) is 31.2 Å². The Hall–Kier alpha value is -3.11. The molecule has 3 rings (SSSR count). The van der Waals surface area contributed by atoms with Crippen LogP contribution in [0.15, 0.2) is 85.1 Å². The number of hydrogen-bond donors (Lipinski definition) is 0. The summed E-state index contributed by atoms with van der Waals surface area (Å²) in [7, 11) is 1.79. The van der Waals surface area contributed by atoms with Gasteiger partial charge in [-0.25, -0.2) is 4.68 Å². The van der Waals surface area contributed by atoms with Crippen molar-refractivity contribution in [2.75, 3.05) is 7.05 Å². The number of carbonyl (C=O) groups is 1. The van der Waals surface area contributed by atoms with E-state index in [2.05, 4.69) is 0 Å². The average Bonchev–Trinajstić information content (AvgIpc) is 3.13. The monoisotopic (exact) mass is 391 g/mol. The number of hydrogen-bond acceptors (Lipinski definition) is 2. The summed E-state index contributed by atoms with van der Waals surface area (Å²) in [5, 5.41) is 5.45. The second-order valence-corrected chi connectivity index (χ2v) is 6.81. The minimum atomic E-state index is -0.0624. The van der Waals surface area contributed by atoms with Crippen molar-refractivity contribution in [2.45, 2.75) is 13.5 Å². The molecule has 0 aliphatic heterocycles. The molecule has 0 N–H and O–H groups in total. The summed E-state index contributed by atoms with van der Waals surface area (Å²) in [6.07, 6.45) is 8.99. The molecule has 0 bridgehead atoms. The van der Waals surface area contributed by atoms with Gasteiger partial charge in [0.25, 0.3) is 0 Å². The highest BCUT2D eigenvalue weighted by Crippen LogP contribution is 2.26. The van der Waals surface area contributed by atoms with Crippen molar-refractivity contribution in [3.8, 4) is 16.9 Å². The third-order valence-electron chi connectivity index (χ3n) is 4.25. The minimum absolute atomic E-state index is 0.0624. The Kier molecular flexibility index (Phi) is 6.45. The van der Waals surface area contributed by atoms with Gasteiger partial charge >= 0.3 is 0 Å². The Balaban J connectivity index is 1.95. The van der Waals surface area contributed by atoms with Gasteiger partial charge in [-0.15, -0.1) is 0 Å². The molecule has 0 atom stereocenters. The number of nitrogens with zero attached hydrogens (tertiary/aromatic N) is 3. The topological polar surface area (TPSA) is 38.1 Å². The molecule has 1 amide bonds. The predicted octanol–water partition coefficient (Wildman–Crippen LogP) is 5.28. The largest absolute Gasteiger partial charge is 0.338 e. The first-order valence-corrected chi connectivity index (χ1v) is 9.40. The van der Waals surface area contributed by atoms with Crippen molar-refractivity contribution >= 4 is 17.5 Å². The summed E-state index contributed by atoms with van der Waals surface area (Å²) in [5.74, 6) is -0.0624. The summed E-state index contributed by atoms with van der Waals surface area (Å²) >= 11 is 6.03. The van der Waals surface area contributed by atoms with E-state index in [1.165, 1.54) is 0 Å². The number of para-hydroxylation sites is 1. The molecule has 5 heteroatoms. The number of benzene rings is 2. The number of allylic oxidation sites excluding steroid dienone is 3. The first-order chi connectivity index (χ1) is 13.6. The van der Waals surface area contributed by atoms with Gasteiger partial charge in [-0.3, -0.25) is 4.79 Å². The SMILES string of the molecule is C/C=C/C=C/C(=O)N(C)Cc1cn(-c2ccccc2)nc1-c1ccc(Cl)cc1. The van der Waals surface area contributed by atoms with Crippen LogP contribution >= 0.6 is 11.6 Å². The molecule has 1 heterocycles. The summed E-state index contributed by atoms with van der Waals surface area (Å²) in [6, 6.07) is 17.5. The average molecular weight is 392 g/mol. The molecular formula is C23H22ClN3O. The molecule has 4 nitrogen and oxygen atoms in total. The van der Waals surface area contributed by atoms with E-state index in [1.54, 1.807) is 24.1 Å². The van der Waals surface area contributed by atoms with Crippen LogP contribution in [0.25, 0.3) is 16.9 Å². The summed E-state index contributed by atoms with van der Waals surface area (Å²) < 4.78 is 1.84. The highest BCUT2D eigenvalue weighted by atomic mass is 35.5. The van der Waals surface area contributed by atoms with Crippen LogP contribution in [-0.4, -0.2) is 27.6 Å². The van der Waals surface area contributed by atoms with E-state index < -0.39 is 0 Å². The Bertz CT molecular complexity index is 988. The molecule has 0 saturated carbocycles. The lowest BCUT2D eigenvalue weighted by Crippen LogP contribution is -2.24. The van der Waals surface area contributed by atoms with E-state index in [1.807, 2.05) is 84.6 Å². The highest BCUT2D eigenvalue weighted by molar-refractivity contribution is 6.30. The van der Waals surface area contributed by atoms with Crippen LogP contribution in [0.2, 0.25) is 5.02 Å². The van der Waals surface area contributed by atoms with Gasteiger partial charge in [0.2, 0.25) is 5.91 Å². The van der Waals surface area contributed by atoms with Crippen LogP contribution in [-0.2, 0) is 11.3 Å². The first-order valence-electron chi connectivity index (χ1n) is 9.03. The van der Waals surface area contributed by atoms with Crippen LogP contribution in [0.3, 0.4) is 0 Å². The van der Waals surface area contributed by atoms with Crippen molar-refractivity contribution in [1.82, 2.24) is 14.7 Å². The van der Waals surface area contributed by atoms with Crippen molar-refractivity contribution in [2.24, 2.45) is 0 Å². The fraction of sp³-hybridized carbons (Fsp3) is 0.130.